The molecule has 3 N–H and O–H groups in total. The van der Waals surface area contributed by atoms with Crippen LogP contribution in [0.15, 0.2) is 30.3 Å². The second-order valence-corrected chi connectivity index (χ2v) is 3.41. The zero-order chi connectivity index (χ0) is 12.0. The molecule has 16 heavy (non-hydrogen) atoms. The molecule has 0 aliphatic rings. The fourth-order valence-electron chi connectivity index (χ4n) is 1.08. The van der Waals surface area contributed by atoms with E-state index in [2.05, 4.69) is 10.6 Å². The van der Waals surface area contributed by atoms with Crippen molar-refractivity contribution < 1.29 is 9.90 Å². The van der Waals surface area contributed by atoms with Crippen LogP contribution in [0.4, 0.5) is 5.69 Å². The molecule has 0 spiro atoms. The van der Waals surface area contributed by atoms with Crippen LogP contribution in [-0.2, 0) is 4.79 Å². The maximum absolute atomic E-state index is 10.3. The van der Waals surface area contributed by atoms with E-state index in [1.807, 2.05) is 24.3 Å². The first kappa shape index (κ1) is 12.2. The molecule has 0 heterocycles. The van der Waals surface area contributed by atoms with Crippen molar-refractivity contribution in [3.05, 3.63) is 35.9 Å². The number of nitrogens with one attached hydrogen (secondary N) is 2. The molecular formula is C11H12N2O2S. The summed E-state index contributed by atoms with van der Waals surface area (Å²) in [5.41, 5.74) is 1.61. The van der Waals surface area contributed by atoms with Gasteiger partial charge in [-0.25, -0.2) is 4.79 Å². The average molecular weight is 236 g/mol. The summed E-state index contributed by atoms with van der Waals surface area (Å²) in [4.78, 5) is 10.3. The average Bonchev–Trinajstić information content (AvgIpc) is 2.26. The summed E-state index contributed by atoms with van der Waals surface area (Å²) < 4.78 is 0. The number of benzene rings is 1. The zero-order valence-corrected chi connectivity index (χ0v) is 9.54. The lowest BCUT2D eigenvalue weighted by Gasteiger charge is -2.07. The van der Waals surface area contributed by atoms with Crippen LogP contribution in [0, 0.1) is 0 Å². The molecule has 0 saturated carbocycles. The van der Waals surface area contributed by atoms with Gasteiger partial charge in [-0.1, -0.05) is 12.1 Å². The molecule has 0 unspecified atom stereocenters. The minimum atomic E-state index is -0.968. The summed E-state index contributed by atoms with van der Waals surface area (Å²) in [5.74, 6) is -0.968. The van der Waals surface area contributed by atoms with Gasteiger partial charge in [-0.3, -0.25) is 0 Å². The maximum atomic E-state index is 10.3. The van der Waals surface area contributed by atoms with E-state index in [0.717, 1.165) is 17.3 Å². The third-order valence-corrected chi connectivity index (χ3v) is 2.10. The van der Waals surface area contributed by atoms with Gasteiger partial charge in [0.1, 0.15) is 0 Å². The Hall–Kier alpha value is -1.88. The molecule has 0 bridgehead atoms. The number of rotatable bonds is 3. The predicted molar refractivity (Wildman–Crippen MR) is 68.4 cm³/mol. The number of carboxylic acids is 1. The van der Waals surface area contributed by atoms with Crippen LogP contribution in [0.25, 0.3) is 6.08 Å². The highest BCUT2D eigenvalue weighted by Gasteiger charge is 1.96. The van der Waals surface area contributed by atoms with Crippen LogP contribution >= 0.6 is 12.2 Å². The lowest BCUT2D eigenvalue weighted by molar-refractivity contribution is -0.131. The smallest absolute Gasteiger partial charge is 0.328 e. The molecule has 0 fully saturated rings. The largest absolute Gasteiger partial charge is 0.478 e. The highest BCUT2D eigenvalue weighted by Crippen LogP contribution is 2.11. The first-order valence-electron chi connectivity index (χ1n) is 4.61. The number of hydrogen-bond acceptors (Lipinski definition) is 2. The van der Waals surface area contributed by atoms with Gasteiger partial charge in [-0.15, -0.1) is 0 Å². The highest BCUT2D eigenvalue weighted by atomic mass is 32.1. The third kappa shape index (κ3) is 4.10. The van der Waals surface area contributed by atoms with Crippen molar-refractivity contribution in [2.75, 3.05) is 12.4 Å². The molecule has 0 saturated heterocycles. The van der Waals surface area contributed by atoms with Crippen molar-refractivity contribution >= 4 is 35.1 Å². The van der Waals surface area contributed by atoms with Crippen LogP contribution in [0.2, 0.25) is 0 Å². The summed E-state index contributed by atoms with van der Waals surface area (Å²) in [6.07, 6.45) is 2.62. The van der Waals surface area contributed by atoms with Crippen LogP contribution < -0.4 is 10.6 Å². The van der Waals surface area contributed by atoms with Gasteiger partial charge in [-0.05, 0) is 36.0 Å². The van der Waals surface area contributed by atoms with Crippen molar-refractivity contribution in [2.45, 2.75) is 0 Å². The van der Waals surface area contributed by atoms with Crippen molar-refractivity contribution in [2.24, 2.45) is 0 Å². The topological polar surface area (TPSA) is 61.4 Å². The van der Waals surface area contributed by atoms with E-state index in [1.54, 1.807) is 7.05 Å². The van der Waals surface area contributed by atoms with E-state index in [-0.39, 0.29) is 0 Å². The van der Waals surface area contributed by atoms with Crippen molar-refractivity contribution in [1.82, 2.24) is 5.32 Å². The van der Waals surface area contributed by atoms with E-state index in [9.17, 15) is 4.79 Å². The number of carbonyl (C=O) groups is 1. The lowest BCUT2D eigenvalue weighted by Crippen LogP contribution is -2.24. The summed E-state index contributed by atoms with van der Waals surface area (Å²) >= 11 is 4.95. The molecule has 0 aromatic heterocycles. The summed E-state index contributed by atoms with van der Waals surface area (Å²) in [5, 5.41) is 14.8. The summed E-state index contributed by atoms with van der Waals surface area (Å²) in [6, 6.07) is 7.29. The predicted octanol–water partition coefficient (Wildman–Crippen LogP) is 1.70. The third-order valence-electron chi connectivity index (χ3n) is 1.79. The highest BCUT2D eigenvalue weighted by molar-refractivity contribution is 7.80. The van der Waals surface area contributed by atoms with Gasteiger partial charge in [0.25, 0.3) is 0 Å². The molecule has 0 atom stereocenters. The summed E-state index contributed by atoms with van der Waals surface area (Å²) in [6.45, 7) is 0. The Labute approximate surface area is 99.0 Å². The molecule has 0 radical (unpaired) electrons. The number of hydrogen-bond donors (Lipinski definition) is 3. The van der Waals surface area contributed by atoms with Crippen LogP contribution in [-0.4, -0.2) is 23.2 Å². The molecule has 1 aromatic rings. The van der Waals surface area contributed by atoms with E-state index >= 15 is 0 Å². The van der Waals surface area contributed by atoms with Gasteiger partial charge >= 0.3 is 5.97 Å². The fraction of sp³-hybridized carbons (Fsp3) is 0.0909. The standard InChI is InChI=1S/C11H12N2O2S/c1-12-11(16)13-9-4-2-3-8(7-9)5-6-10(14)15/h2-7H,1H3,(H,14,15)(H2,12,13,16)/b6-5+. The van der Waals surface area contributed by atoms with Crippen molar-refractivity contribution in [1.29, 1.82) is 0 Å². The van der Waals surface area contributed by atoms with Gasteiger partial charge in [-0.2, -0.15) is 0 Å². The van der Waals surface area contributed by atoms with Crippen LogP contribution in [0.1, 0.15) is 5.56 Å². The van der Waals surface area contributed by atoms with E-state index in [1.165, 1.54) is 6.08 Å². The normalized spacial score (nSPS) is 10.1. The number of carboxylic acid groups (broad SMARTS) is 1. The van der Waals surface area contributed by atoms with E-state index in [4.69, 9.17) is 17.3 Å². The number of aliphatic carboxylic acids is 1. The van der Waals surface area contributed by atoms with Crippen LogP contribution in [0.3, 0.4) is 0 Å². The molecule has 84 valence electrons. The second kappa shape index (κ2) is 5.87. The van der Waals surface area contributed by atoms with Gasteiger partial charge in [0, 0.05) is 18.8 Å². The Bertz CT molecular complexity index is 430. The lowest BCUT2D eigenvalue weighted by atomic mass is 10.2. The van der Waals surface area contributed by atoms with Gasteiger partial charge < -0.3 is 15.7 Å². The van der Waals surface area contributed by atoms with E-state index in [0.29, 0.717) is 5.11 Å². The van der Waals surface area contributed by atoms with Crippen LogP contribution in [0.5, 0.6) is 0 Å². The SMILES string of the molecule is CNC(=S)Nc1cccc(/C=C/C(=O)O)c1. The number of anilines is 1. The molecule has 0 amide bonds. The Morgan fingerprint density at radius 3 is 2.88 bits per heavy atom. The monoisotopic (exact) mass is 236 g/mol. The Balaban J connectivity index is 2.78. The van der Waals surface area contributed by atoms with Crippen molar-refractivity contribution in [3.8, 4) is 0 Å². The summed E-state index contributed by atoms with van der Waals surface area (Å²) in [7, 11) is 1.73. The first-order chi connectivity index (χ1) is 7.61. The van der Waals surface area contributed by atoms with E-state index < -0.39 is 5.97 Å². The fourth-order valence-corrected chi connectivity index (χ4v) is 1.20. The first-order valence-corrected chi connectivity index (χ1v) is 5.02. The second-order valence-electron chi connectivity index (χ2n) is 3.00. The van der Waals surface area contributed by atoms with Gasteiger partial charge in [0.15, 0.2) is 5.11 Å². The molecule has 0 aliphatic heterocycles. The van der Waals surface area contributed by atoms with Gasteiger partial charge in [0.05, 0.1) is 0 Å². The molecule has 4 nitrogen and oxygen atoms in total. The Morgan fingerprint density at radius 2 is 2.25 bits per heavy atom. The molecular weight excluding hydrogens is 224 g/mol. The maximum Gasteiger partial charge on any atom is 0.328 e. The molecule has 5 heteroatoms. The van der Waals surface area contributed by atoms with Gasteiger partial charge in [0.2, 0.25) is 0 Å². The molecule has 0 aliphatic carbocycles. The Kier molecular flexibility index (Phi) is 4.47. The zero-order valence-electron chi connectivity index (χ0n) is 8.73. The number of thiocarbonyl (C=S) groups is 1. The minimum absolute atomic E-state index is 0.513. The minimum Gasteiger partial charge on any atom is -0.478 e. The van der Waals surface area contributed by atoms with Crippen molar-refractivity contribution in [3.63, 3.8) is 0 Å². The Morgan fingerprint density at radius 1 is 1.50 bits per heavy atom. The molecule has 1 aromatic carbocycles. The quantitative estimate of drug-likeness (QED) is 0.551. The molecule has 1 rings (SSSR count).